The Labute approximate surface area is 106 Å². The highest BCUT2D eigenvalue weighted by atomic mass is 16.7. The van der Waals surface area contributed by atoms with Crippen LogP contribution >= 0.6 is 0 Å². The molecule has 1 rings (SSSR count). The van der Waals surface area contributed by atoms with Crippen molar-refractivity contribution in [3.05, 3.63) is 23.8 Å². The van der Waals surface area contributed by atoms with E-state index in [4.69, 9.17) is 24.2 Å². The SMILES string of the molecule is CC#Cc1ccc(OB(O)O)c(OCOCC)c1. The Kier molecular flexibility index (Phi) is 6.08. The minimum absolute atomic E-state index is 0.0530. The summed E-state index contributed by atoms with van der Waals surface area (Å²) in [5.41, 5.74) is 0.740. The summed E-state index contributed by atoms with van der Waals surface area (Å²) < 4.78 is 15.2. The van der Waals surface area contributed by atoms with Crippen LogP contribution in [0.4, 0.5) is 0 Å². The lowest BCUT2D eigenvalue weighted by atomic mass is 10.2. The topological polar surface area (TPSA) is 68.2 Å². The summed E-state index contributed by atoms with van der Waals surface area (Å²) in [6.07, 6.45) is 0. The molecule has 0 amide bonds. The van der Waals surface area contributed by atoms with Crippen LogP contribution in [0.25, 0.3) is 0 Å². The second-order valence-corrected chi connectivity index (χ2v) is 3.24. The lowest BCUT2D eigenvalue weighted by Gasteiger charge is -2.12. The third kappa shape index (κ3) is 4.68. The van der Waals surface area contributed by atoms with Crippen molar-refractivity contribution in [3.63, 3.8) is 0 Å². The summed E-state index contributed by atoms with van der Waals surface area (Å²) in [7, 11) is -1.90. The molecule has 0 atom stereocenters. The van der Waals surface area contributed by atoms with Crippen LogP contribution in [0, 0.1) is 11.8 Å². The molecule has 1 aromatic rings. The molecule has 0 aliphatic rings. The molecule has 18 heavy (non-hydrogen) atoms. The predicted molar refractivity (Wildman–Crippen MR) is 66.9 cm³/mol. The molecule has 2 N–H and O–H groups in total. The average Bonchev–Trinajstić information content (AvgIpc) is 2.32. The first-order chi connectivity index (χ1) is 8.67. The molecule has 0 saturated heterocycles. The molecule has 5 nitrogen and oxygen atoms in total. The molecule has 0 heterocycles. The van der Waals surface area contributed by atoms with Gasteiger partial charge in [0.2, 0.25) is 0 Å². The Morgan fingerprint density at radius 3 is 2.67 bits per heavy atom. The van der Waals surface area contributed by atoms with E-state index in [0.717, 1.165) is 5.56 Å². The lowest BCUT2D eigenvalue weighted by molar-refractivity contribution is 0.0211. The first-order valence-electron chi connectivity index (χ1n) is 5.47. The van der Waals surface area contributed by atoms with E-state index in [2.05, 4.69) is 11.8 Å². The number of rotatable bonds is 6. The van der Waals surface area contributed by atoms with Crippen LogP contribution in [-0.4, -0.2) is 30.8 Å². The van der Waals surface area contributed by atoms with Gasteiger partial charge in [0.1, 0.15) is 5.75 Å². The maximum atomic E-state index is 8.79. The van der Waals surface area contributed by atoms with Crippen molar-refractivity contribution in [2.24, 2.45) is 0 Å². The fraction of sp³-hybridized carbons (Fsp3) is 0.333. The van der Waals surface area contributed by atoms with Gasteiger partial charge in [-0.25, -0.2) is 0 Å². The van der Waals surface area contributed by atoms with Gasteiger partial charge < -0.3 is 24.2 Å². The molecule has 0 aromatic heterocycles. The number of hydrogen-bond acceptors (Lipinski definition) is 5. The summed E-state index contributed by atoms with van der Waals surface area (Å²) in [6.45, 7) is 4.14. The minimum Gasteiger partial charge on any atom is -0.509 e. The van der Waals surface area contributed by atoms with E-state index >= 15 is 0 Å². The Bertz CT molecular complexity index is 436. The Hall–Kier alpha value is -1.68. The van der Waals surface area contributed by atoms with Crippen molar-refractivity contribution < 1.29 is 24.2 Å². The fourth-order valence-corrected chi connectivity index (χ4v) is 1.24. The largest absolute Gasteiger partial charge is 0.707 e. The highest BCUT2D eigenvalue weighted by molar-refractivity contribution is 6.33. The molecular weight excluding hydrogens is 235 g/mol. The van der Waals surface area contributed by atoms with E-state index < -0.39 is 7.32 Å². The maximum Gasteiger partial charge on any atom is 0.707 e. The normalized spacial score (nSPS) is 9.33. The Morgan fingerprint density at radius 2 is 2.06 bits per heavy atom. The highest BCUT2D eigenvalue weighted by Crippen LogP contribution is 2.28. The van der Waals surface area contributed by atoms with Gasteiger partial charge in [-0.2, -0.15) is 0 Å². The molecule has 6 heteroatoms. The second-order valence-electron chi connectivity index (χ2n) is 3.24. The van der Waals surface area contributed by atoms with Crippen molar-refractivity contribution in [2.45, 2.75) is 13.8 Å². The average molecular weight is 250 g/mol. The highest BCUT2D eigenvalue weighted by Gasteiger charge is 2.15. The monoisotopic (exact) mass is 250 g/mol. The van der Waals surface area contributed by atoms with E-state index in [0.29, 0.717) is 12.4 Å². The third-order valence-corrected chi connectivity index (χ3v) is 1.95. The molecule has 0 spiro atoms. The van der Waals surface area contributed by atoms with Crippen LogP contribution < -0.4 is 9.39 Å². The van der Waals surface area contributed by atoms with Gasteiger partial charge in [-0.15, -0.1) is 5.92 Å². The van der Waals surface area contributed by atoms with Crippen molar-refractivity contribution in [3.8, 4) is 23.3 Å². The van der Waals surface area contributed by atoms with E-state index in [1.807, 2.05) is 6.92 Å². The third-order valence-electron chi connectivity index (χ3n) is 1.95. The number of benzene rings is 1. The number of hydrogen-bond donors (Lipinski definition) is 2. The van der Waals surface area contributed by atoms with Gasteiger partial charge in [-0.1, -0.05) is 5.92 Å². The summed E-state index contributed by atoms with van der Waals surface area (Å²) in [5.74, 6) is 6.19. The van der Waals surface area contributed by atoms with E-state index in [1.54, 1.807) is 25.1 Å². The zero-order chi connectivity index (χ0) is 13.4. The van der Waals surface area contributed by atoms with E-state index in [1.165, 1.54) is 0 Å². The summed E-state index contributed by atoms with van der Waals surface area (Å²) >= 11 is 0. The van der Waals surface area contributed by atoms with E-state index in [-0.39, 0.29) is 12.5 Å². The van der Waals surface area contributed by atoms with Gasteiger partial charge in [0.25, 0.3) is 0 Å². The number of ether oxygens (including phenoxy) is 2. The fourth-order valence-electron chi connectivity index (χ4n) is 1.24. The smallest absolute Gasteiger partial charge is 0.509 e. The van der Waals surface area contributed by atoms with Crippen molar-refractivity contribution in [1.29, 1.82) is 0 Å². The van der Waals surface area contributed by atoms with Crippen molar-refractivity contribution >= 4 is 7.32 Å². The zero-order valence-electron chi connectivity index (χ0n) is 10.3. The second kappa shape index (κ2) is 7.61. The molecule has 0 unspecified atom stereocenters. The van der Waals surface area contributed by atoms with Crippen LogP contribution in [0.1, 0.15) is 19.4 Å². The van der Waals surface area contributed by atoms with Crippen LogP contribution in [0.3, 0.4) is 0 Å². The molecule has 1 aromatic carbocycles. The first-order valence-corrected chi connectivity index (χ1v) is 5.47. The molecule has 0 saturated carbocycles. The van der Waals surface area contributed by atoms with Gasteiger partial charge in [0.05, 0.1) is 0 Å². The predicted octanol–water partition coefficient (Wildman–Crippen LogP) is 0.779. The van der Waals surface area contributed by atoms with E-state index in [9.17, 15) is 0 Å². The first kappa shape index (κ1) is 14.4. The van der Waals surface area contributed by atoms with Crippen molar-refractivity contribution in [2.75, 3.05) is 13.4 Å². The van der Waals surface area contributed by atoms with Gasteiger partial charge in [0.15, 0.2) is 12.5 Å². The molecule has 96 valence electrons. The quantitative estimate of drug-likeness (QED) is 0.338. The molecule has 0 bridgehead atoms. The van der Waals surface area contributed by atoms with Gasteiger partial charge in [-0.05, 0) is 32.0 Å². The van der Waals surface area contributed by atoms with Crippen LogP contribution in [0.15, 0.2) is 18.2 Å². The summed E-state index contributed by atoms with van der Waals surface area (Å²) in [4.78, 5) is 0. The molecular formula is C12H15BO5. The Balaban J connectivity index is 2.89. The molecule has 0 radical (unpaired) electrons. The zero-order valence-corrected chi connectivity index (χ0v) is 10.3. The molecule has 0 aliphatic carbocycles. The van der Waals surface area contributed by atoms with Crippen LogP contribution in [0.5, 0.6) is 11.5 Å². The molecule has 0 aliphatic heterocycles. The van der Waals surface area contributed by atoms with Crippen molar-refractivity contribution in [1.82, 2.24) is 0 Å². The van der Waals surface area contributed by atoms with Crippen LogP contribution in [0.2, 0.25) is 0 Å². The Morgan fingerprint density at radius 1 is 1.28 bits per heavy atom. The van der Waals surface area contributed by atoms with Gasteiger partial charge in [-0.3, -0.25) is 0 Å². The summed E-state index contributed by atoms with van der Waals surface area (Å²) in [6, 6.07) is 4.90. The van der Waals surface area contributed by atoms with Gasteiger partial charge in [0, 0.05) is 12.2 Å². The van der Waals surface area contributed by atoms with Crippen LogP contribution in [-0.2, 0) is 4.74 Å². The summed E-state index contributed by atoms with van der Waals surface area (Å²) in [5, 5.41) is 17.6. The van der Waals surface area contributed by atoms with Gasteiger partial charge >= 0.3 is 7.32 Å². The standard InChI is InChI=1S/C12H15BO5/c1-3-5-10-6-7-11(18-13(14)15)12(8-10)17-9-16-4-2/h6-8,14-15H,4,9H2,1-2H3. The lowest BCUT2D eigenvalue weighted by Crippen LogP contribution is -2.21. The maximum absolute atomic E-state index is 8.79. The molecule has 0 fully saturated rings. The minimum atomic E-state index is -1.90.